The Kier molecular flexibility index (Phi) is 6.70. The number of rotatable bonds is 9. The van der Waals surface area contributed by atoms with Crippen LogP contribution in [0, 0.1) is 12.8 Å². The van der Waals surface area contributed by atoms with Crippen LogP contribution in [0.25, 0.3) is 0 Å². The van der Waals surface area contributed by atoms with Gasteiger partial charge in [-0.3, -0.25) is 4.79 Å². The predicted octanol–water partition coefficient (Wildman–Crippen LogP) is 4.36. The van der Waals surface area contributed by atoms with Crippen LogP contribution in [0.2, 0.25) is 0 Å². The van der Waals surface area contributed by atoms with Crippen LogP contribution >= 0.6 is 0 Å². The Hall–Kier alpha value is -2.93. The van der Waals surface area contributed by atoms with Crippen LogP contribution in [-0.2, 0) is 33.5 Å². The first kappa shape index (κ1) is 23.2. The first-order valence-electron chi connectivity index (χ1n) is 11.4. The number of aryl methyl sites for hydroxylation is 1. The molecule has 0 spiro atoms. The molecule has 0 aliphatic heterocycles. The summed E-state index contributed by atoms with van der Waals surface area (Å²) in [7, 11) is -3.69. The molecule has 1 fully saturated rings. The maximum Gasteiger partial charge on any atom is 0.228 e. The van der Waals surface area contributed by atoms with Gasteiger partial charge in [-0.05, 0) is 44.7 Å². The molecule has 1 amide bonds. The summed E-state index contributed by atoms with van der Waals surface area (Å²) >= 11 is 0. The van der Waals surface area contributed by atoms with Gasteiger partial charge in [0.1, 0.15) is 0 Å². The van der Waals surface area contributed by atoms with Gasteiger partial charge in [0.25, 0.3) is 0 Å². The second-order valence-corrected chi connectivity index (χ2v) is 11.1. The van der Waals surface area contributed by atoms with E-state index in [4.69, 9.17) is 0 Å². The molecule has 0 bridgehead atoms. The summed E-state index contributed by atoms with van der Waals surface area (Å²) < 4.78 is 28.6. The molecule has 0 saturated heterocycles. The topological polar surface area (TPSA) is 72.3 Å². The zero-order valence-electron chi connectivity index (χ0n) is 19.4. The second-order valence-electron chi connectivity index (χ2n) is 9.18. The van der Waals surface area contributed by atoms with Crippen LogP contribution < -0.4 is 0 Å². The highest BCUT2D eigenvalue weighted by Gasteiger charge is 2.35. The second kappa shape index (κ2) is 9.51. The first-order valence-corrected chi connectivity index (χ1v) is 13.1. The van der Waals surface area contributed by atoms with Crippen LogP contribution in [0.3, 0.4) is 0 Å². The van der Waals surface area contributed by atoms with E-state index in [0.29, 0.717) is 13.1 Å². The molecule has 2 aromatic carbocycles. The van der Waals surface area contributed by atoms with E-state index >= 15 is 0 Å². The van der Waals surface area contributed by atoms with Crippen molar-refractivity contribution >= 4 is 15.7 Å². The summed E-state index contributed by atoms with van der Waals surface area (Å²) in [5, 5.41) is 0.0458. The Bertz CT molecular complexity index is 1210. The minimum absolute atomic E-state index is 0.0193. The molecule has 6 nitrogen and oxygen atoms in total. The van der Waals surface area contributed by atoms with E-state index in [-0.39, 0.29) is 28.8 Å². The third-order valence-electron chi connectivity index (χ3n) is 6.01. The van der Waals surface area contributed by atoms with Crippen molar-refractivity contribution in [2.75, 3.05) is 0 Å². The molecule has 7 heteroatoms. The van der Waals surface area contributed by atoms with Crippen molar-refractivity contribution in [2.45, 2.75) is 63.7 Å². The molecule has 174 valence electrons. The molecule has 4 rings (SSSR count). The fourth-order valence-corrected chi connectivity index (χ4v) is 5.42. The normalized spacial score (nSPS) is 13.9. The van der Waals surface area contributed by atoms with Gasteiger partial charge < -0.3 is 9.47 Å². The Morgan fingerprint density at radius 3 is 2.33 bits per heavy atom. The largest absolute Gasteiger partial charge is 0.334 e. The van der Waals surface area contributed by atoms with Gasteiger partial charge in [0.05, 0.1) is 30.7 Å². The molecule has 1 aliphatic rings. The Morgan fingerprint density at radius 1 is 1.06 bits per heavy atom. The fourth-order valence-electron chi connectivity index (χ4n) is 3.92. The maximum absolute atomic E-state index is 13.4. The number of imidazole rings is 1. The molecular weight excluding hydrogens is 434 g/mol. The SMILES string of the molecule is Cc1ccc(CS(=O)(=O)c2ncc(CN(C(=O)C3CC3)C(C)C)n2Cc2ccccc2)cc1. The number of carbonyl (C=O) groups is 1. The lowest BCUT2D eigenvalue weighted by molar-refractivity contribution is -0.135. The van der Waals surface area contributed by atoms with Crippen molar-refractivity contribution in [3.05, 3.63) is 83.2 Å². The van der Waals surface area contributed by atoms with Crippen LogP contribution in [0.15, 0.2) is 66.0 Å². The van der Waals surface area contributed by atoms with E-state index in [9.17, 15) is 13.2 Å². The van der Waals surface area contributed by atoms with E-state index in [0.717, 1.165) is 35.2 Å². The van der Waals surface area contributed by atoms with Crippen LogP contribution in [0.4, 0.5) is 0 Å². The minimum atomic E-state index is -3.69. The van der Waals surface area contributed by atoms with Gasteiger partial charge in [-0.25, -0.2) is 13.4 Å². The molecule has 0 atom stereocenters. The van der Waals surface area contributed by atoms with Crippen LogP contribution in [0.5, 0.6) is 0 Å². The number of nitrogens with zero attached hydrogens (tertiary/aromatic N) is 3. The van der Waals surface area contributed by atoms with Crippen molar-refractivity contribution in [1.29, 1.82) is 0 Å². The van der Waals surface area contributed by atoms with Gasteiger partial charge in [-0.15, -0.1) is 0 Å². The number of amides is 1. The molecule has 1 saturated carbocycles. The number of carbonyl (C=O) groups excluding carboxylic acids is 1. The lowest BCUT2D eigenvalue weighted by Crippen LogP contribution is -2.38. The molecule has 1 aliphatic carbocycles. The first-order chi connectivity index (χ1) is 15.7. The van der Waals surface area contributed by atoms with Crippen LogP contribution in [0.1, 0.15) is 49.1 Å². The summed E-state index contributed by atoms with van der Waals surface area (Å²) in [6.07, 6.45) is 3.48. The summed E-state index contributed by atoms with van der Waals surface area (Å²) in [5.41, 5.74) is 3.51. The third kappa shape index (κ3) is 5.53. The van der Waals surface area contributed by atoms with Gasteiger partial charge in [0.2, 0.25) is 20.9 Å². The highest BCUT2D eigenvalue weighted by atomic mass is 32.2. The summed E-state index contributed by atoms with van der Waals surface area (Å²) in [4.78, 5) is 19.1. The number of benzene rings is 2. The van der Waals surface area contributed by atoms with Crippen LogP contribution in [-0.4, -0.2) is 34.8 Å². The summed E-state index contributed by atoms with van der Waals surface area (Å²) in [6, 6.07) is 17.3. The molecule has 1 heterocycles. The monoisotopic (exact) mass is 465 g/mol. The Labute approximate surface area is 196 Å². The van der Waals surface area contributed by atoms with E-state index in [1.165, 1.54) is 0 Å². The van der Waals surface area contributed by atoms with E-state index in [1.54, 1.807) is 10.8 Å². The van der Waals surface area contributed by atoms with Gasteiger partial charge in [-0.1, -0.05) is 60.2 Å². The molecular formula is C26H31N3O3S. The lowest BCUT2D eigenvalue weighted by atomic mass is 10.2. The number of hydrogen-bond donors (Lipinski definition) is 0. The van der Waals surface area contributed by atoms with Crippen molar-refractivity contribution in [3.63, 3.8) is 0 Å². The number of aromatic nitrogens is 2. The molecule has 1 aromatic heterocycles. The van der Waals surface area contributed by atoms with Gasteiger partial charge in [0, 0.05) is 12.0 Å². The van der Waals surface area contributed by atoms with E-state index in [2.05, 4.69) is 4.98 Å². The molecule has 0 N–H and O–H groups in total. The quantitative estimate of drug-likeness (QED) is 0.471. The zero-order chi connectivity index (χ0) is 23.6. The zero-order valence-corrected chi connectivity index (χ0v) is 20.3. The molecule has 33 heavy (non-hydrogen) atoms. The van der Waals surface area contributed by atoms with Gasteiger partial charge >= 0.3 is 0 Å². The third-order valence-corrected chi connectivity index (χ3v) is 7.60. The highest BCUT2D eigenvalue weighted by Crippen LogP contribution is 2.32. The van der Waals surface area contributed by atoms with E-state index in [1.807, 2.05) is 80.3 Å². The Morgan fingerprint density at radius 2 is 1.73 bits per heavy atom. The summed E-state index contributed by atoms with van der Waals surface area (Å²) in [6.45, 7) is 6.68. The predicted molar refractivity (Wildman–Crippen MR) is 128 cm³/mol. The Balaban J connectivity index is 1.69. The van der Waals surface area contributed by atoms with Crippen molar-refractivity contribution in [2.24, 2.45) is 5.92 Å². The van der Waals surface area contributed by atoms with Crippen molar-refractivity contribution in [1.82, 2.24) is 14.5 Å². The van der Waals surface area contributed by atoms with Crippen molar-refractivity contribution < 1.29 is 13.2 Å². The smallest absolute Gasteiger partial charge is 0.228 e. The lowest BCUT2D eigenvalue weighted by Gasteiger charge is -2.27. The fraction of sp³-hybridized carbons (Fsp3) is 0.385. The van der Waals surface area contributed by atoms with E-state index < -0.39 is 9.84 Å². The number of sulfone groups is 1. The molecule has 0 unspecified atom stereocenters. The highest BCUT2D eigenvalue weighted by molar-refractivity contribution is 7.90. The molecule has 0 radical (unpaired) electrons. The minimum Gasteiger partial charge on any atom is -0.334 e. The maximum atomic E-state index is 13.4. The van der Waals surface area contributed by atoms with Gasteiger partial charge in [0.15, 0.2) is 0 Å². The summed E-state index contributed by atoms with van der Waals surface area (Å²) in [5.74, 6) is 0.122. The average molecular weight is 466 g/mol. The number of hydrogen-bond acceptors (Lipinski definition) is 4. The standard InChI is InChI=1S/C26H31N3O3S/c1-19(2)28(25(30)23-13-14-23)17-24-15-27-26(29(24)16-21-7-5-4-6-8-21)33(31,32)18-22-11-9-20(3)10-12-22/h4-12,15,19,23H,13-14,16-18H2,1-3H3. The van der Waals surface area contributed by atoms with Gasteiger partial charge in [-0.2, -0.15) is 0 Å². The van der Waals surface area contributed by atoms with Crippen molar-refractivity contribution in [3.8, 4) is 0 Å². The molecule has 3 aromatic rings. The average Bonchev–Trinajstić information content (AvgIpc) is 3.55.